The molecule has 0 saturated heterocycles. The number of para-hydroxylation sites is 1. The average Bonchev–Trinajstić information content (AvgIpc) is 2.79. The number of hydrogen-bond donors (Lipinski definition) is 2. The van der Waals surface area contributed by atoms with E-state index in [0.717, 1.165) is 11.1 Å². The molecular weight excluding hydrogens is 276 g/mol. The maximum absolute atomic E-state index is 6.14. The molecule has 20 heavy (non-hydrogen) atoms. The predicted octanol–water partition coefficient (Wildman–Crippen LogP) is 3.65. The zero-order valence-electron chi connectivity index (χ0n) is 12.2. The third kappa shape index (κ3) is 2.83. The van der Waals surface area contributed by atoms with E-state index in [0.29, 0.717) is 10.6 Å². The number of hydrogen-bond acceptors (Lipinski definition) is 4. The van der Waals surface area contributed by atoms with Crippen LogP contribution in [0.3, 0.4) is 0 Å². The summed E-state index contributed by atoms with van der Waals surface area (Å²) in [5.41, 5.74) is 3.38. The van der Waals surface area contributed by atoms with E-state index in [4.69, 9.17) is 26.6 Å². The molecule has 0 bridgehead atoms. The number of nitrogens with two attached hydrogens (primary N) is 1. The Morgan fingerprint density at radius 1 is 1.35 bits per heavy atom. The van der Waals surface area contributed by atoms with Crippen LogP contribution in [-0.4, -0.2) is 13.2 Å². The van der Waals surface area contributed by atoms with Crippen LogP contribution >= 0.6 is 11.6 Å². The molecule has 0 amide bonds. The second kappa shape index (κ2) is 5.74. The molecule has 0 aliphatic rings. The number of hydrazine groups is 1. The Labute approximate surface area is 124 Å². The molecule has 1 aromatic heterocycles. The van der Waals surface area contributed by atoms with Gasteiger partial charge in [-0.25, -0.2) is 5.43 Å². The summed E-state index contributed by atoms with van der Waals surface area (Å²) < 4.78 is 11.5. The number of benzene rings is 1. The van der Waals surface area contributed by atoms with E-state index in [1.165, 1.54) is 0 Å². The summed E-state index contributed by atoms with van der Waals surface area (Å²) in [6, 6.07) is 7.36. The molecule has 2 unspecified atom stereocenters. The number of rotatable bonds is 4. The van der Waals surface area contributed by atoms with Gasteiger partial charge in [-0.1, -0.05) is 44.5 Å². The van der Waals surface area contributed by atoms with Gasteiger partial charge in [0.25, 0.3) is 0 Å². The average molecular weight is 297 g/mol. The molecule has 2 rings (SSSR count). The van der Waals surface area contributed by atoms with E-state index in [-0.39, 0.29) is 17.6 Å². The number of fused-ring (bicyclic) bond motifs is 1. The number of nitrogens with one attached hydrogen (secondary N) is 1. The second-order valence-corrected chi connectivity index (χ2v) is 6.38. The summed E-state index contributed by atoms with van der Waals surface area (Å²) in [6.07, 6.45) is -0.133. The monoisotopic (exact) mass is 296 g/mol. The fourth-order valence-electron chi connectivity index (χ4n) is 2.51. The van der Waals surface area contributed by atoms with Gasteiger partial charge in [0.15, 0.2) is 5.58 Å². The summed E-state index contributed by atoms with van der Waals surface area (Å²) in [7, 11) is 1.68. The van der Waals surface area contributed by atoms with Gasteiger partial charge in [-0.2, -0.15) is 0 Å². The first kappa shape index (κ1) is 15.3. The minimum atomic E-state index is -0.247. The van der Waals surface area contributed by atoms with Crippen molar-refractivity contribution >= 4 is 22.6 Å². The third-order valence-electron chi connectivity index (χ3n) is 3.41. The van der Waals surface area contributed by atoms with Crippen molar-refractivity contribution in [2.75, 3.05) is 7.11 Å². The highest BCUT2D eigenvalue weighted by molar-refractivity contribution is 6.34. The summed E-state index contributed by atoms with van der Waals surface area (Å²) >= 11 is 6.14. The molecule has 2 atom stereocenters. The molecule has 0 fully saturated rings. The van der Waals surface area contributed by atoms with Gasteiger partial charge in [-0.05, 0) is 17.5 Å². The zero-order valence-corrected chi connectivity index (χ0v) is 13.0. The minimum absolute atomic E-state index is 0.0887. The first-order valence-corrected chi connectivity index (χ1v) is 6.93. The van der Waals surface area contributed by atoms with Gasteiger partial charge in [0.05, 0.1) is 11.1 Å². The lowest BCUT2D eigenvalue weighted by Crippen LogP contribution is -2.44. The number of methoxy groups -OCH3 is 1. The van der Waals surface area contributed by atoms with Crippen LogP contribution in [0.25, 0.3) is 11.0 Å². The van der Waals surface area contributed by atoms with Gasteiger partial charge in [0.1, 0.15) is 11.8 Å². The molecule has 0 aliphatic heterocycles. The Hall–Kier alpha value is -1.07. The van der Waals surface area contributed by atoms with Gasteiger partial charge >= 0.3 is 0 Å². The van der Waals surface area contributed by atoms with E-state index in [1.807, 2.05) is 18.2 Å². The second-order valence-electron chi connectivity index (χ2n) is 5.97. The number of furan rings is 1. The van der Waals surface area contributed by atoms with Crippen molar-refractivity contribution in [3.63, 3.8) is 0 Å². The molecular formula is C15H21ClN2O2. The summed E-state index contributed by atoms with van der Waals surface area (Å²) in [5, 5.41) is 1.55. The molecule has 2 aromatic rings. The topological polar surface area (TPSA) is 60.4 Å². The highest BCUT2D eigenvalue weighted by Crippen LogP contribution is 2.35. The van der Waals surface area contributed by atoms with Crippen molar-refractivity contribution in [2.24, 2.45) is 11.3 Å². The lowest BCUT2D eigenvalue weighted by Gasteiger charge is -2.34. The van der Waals surface area contributed by atoms with Crippen LogP contribution in [0.15, 0.2) is 28.7 Å². The summed E-state index contributed by atoms with van der Waals surface area (Å²) in [5.74, 6) is 6.43. The molecule has 110 valence electrons. The fraction of sp³-hybridized carbons (Fsp3) is 0.467. The molecule has 1 heterocycles. The number of ether oxygens (including phenoxy) is 1. The van der Waals surface area contributed by atoms with Crippen LogP contribution in [0.1, 0.15) is 32.6 Å². The SMILES string of the molecule is COC(C(NN)c1cc2cccc(Cl)c2o1)C(C)(C)C. The Balaban J connectivity index is 2.46. The van der Waals surface area contributed by atoms with Crippen LogP contribution in [0.5, 0.6) is 0 Å². The van der Waals surface area contributed by atoms with Gasteiger partial charge in [-0.15, -0.1) is 0 Å². The van der Waals surface area contributed by atoms with Crippen LogP contribution in [-0.2, 0) is 4.74 Å². The highest BCUT2D eigenvalue weighted by atomic mass is 35.5. The van der Waals surface area contributed by atoms with Gasteiger partial charge in [-0.3, -0.25) is 5.84 Å². The van der Waals surface area contributed by atoms with Crippen molar-refractivity contribution in [1.29, 1.82) is 0 Å². The van der Waals surface area contributed by atoms with E-state index in [9.17, 15) is 0 Å². The van der Waals surface area contributed by atoms with Crippen molar-refractivity contribution in [1.82, 2.24) is 5.43 Å². The van der Waals surface area contributed by atoms with Crippen LogP contribution in [0, 0.1) is 5.41 Å². The minimum Gasteiger partial charge on any atom is -0.458 e. The molecule has 0 saturated carbocycles. The lowest BCUT2D eigenvalue weighted by molar-refractivity contribution is -0.0167. The molecule has 0 aliphatic carbocycles. The van der Waals surface area contributed by atoms with E-state index in [2.05, 4.69) is 26.2 Å². The largest absolute Gasteiger partial charge is 0.458 e. The van der Waals surface area contributed by atoms with E-state index < -0.39 is 0 Å². The highest BCUT2D eigenvalue weighted by Gasteiger charge is 2.35. The van der Waals surface area contributed by atoms with Gasteiger partial charge in [0.2, 0.25) is 0 Å². The van der Waals surface area contributed by atoms with Gasteiger partial charge < -0.3 is 9.15 Å². The Morgan fingerprint density at radius 2 is 2.05 bits per heavy atom. The van der Waals surface area contributed by atoms with Crippen molar-refractivity contribution < 1.29 is 9.15 Å². The number of halogens is 1. The molecule has 5 heteroatoms. The fourth-order valence-corrected chi connectivity index (χ4v) is 2.73. The van der Waals surface area contributed by atoms with Crippen molar-refractivity contribution in [2.45, 2.75) is 32.9 Å². The van der Waals surface area contributed by atoms with Crippen LogP contribution in [0.2, 0.25) is 5.02 Å². The molecule has 3 N–H and O–H groups in total. The molecule has 1 aromatic carbocycles. The van der Waals surface area contributed by atoms with E-state index in [1.54, 1.807) is 13.2 Å². The normalized spacial score (nSPS) is 15.5. The zero-order chi connectivity index (χ0) is 14.9. The Kier molecular flexibility index (Phi) is 4.39. The standard InChI is InChI=1S/C15H21ClN2O2/c1-15(2,3)14(19-4)12(18-17)11-8-9-6-5-7-10(16)13(9)20-11/h5-8,12,14,18H,17H2,1-4H3. The predicted molar refractivity (Wildman–Crippen MR) is 81.5 cm³/mol. The quantitative estimate of drug-likeness (QED) is 0.668. The maximum Gasteiger partial charge on any atom is 0.152 e. The molecule has 0 radical (unpaired) electrons. The first-order chi connectivity index (χ1) is 9.38. The summed E-state index contributed by atoms with van der Waals surface area (Å²) in [4.78, 5) is 0. The smallest absolute Gasteiger partial charge is 0.152 e. The summed E-state index contributed by atoms with van der Waals surface area (Å²) in [6.45, 7) is 6.30. The third-order valence-corrected chi connectivity index (χ3v) is 3.71. The Morgan fingerprint density at radius 3 is 2.55 bits per heavy atom. The maximum atomic E-state index is 6.14. The van der Waals surface area contributed by atoms with Crippen LogP contribution in [0.4, 0.5) is 0 Å². The molecule has 0 spiro atoms. The van der Waals surface area contributed by atoms with Crippen LogP contribution < -0.4 is 11.3 Å². The first-order valence-electron chi connectivity index (χ1n) is 6.55. The van der Waals surface area contributed by atoms with Crippen molar-refractivity contribution in [3.8, 4) is 0 Å². The van der Waals surface area contributed by atoms with Crippen molar-refractivity contribution in [3.05, 3.63) is 35.0 Å². The van der Waals surface area contributed by atoms with Gasteiger partial charge in [0, 0.05) is 12.5 Å². The van der Waals surface area contributed by atoms with E-state index >= 15 is 0 Å². The molecule has 4 nitrogen and oxygen atoms in total. The Bertz CT molecular complexity index is 589. The lowest BCUT2D eigenvalue weighted by atomic mass is 9.84.